The van der Waals surface area contributed by atoms with Crippen molar-refractivity contribution in [3.8, 4) is 5.75 Å². The lowest BCUT2D eigenvalue weighted by Crippen LogP contribution is -2.45. The summed E-state index contributed by atoms with van der Waals surface area (Å²) < 4.78 is 12.5. The van der Waals surface area contributed by atoms with Gasteiger partial charge >= 0.3 is 5.97 Å². The summed E-state index contributed by atoms with van der Waals surface area (Å²) >= 11 is 0. The normalized spacial score (nSPS) is 13.8. The number of rotatable bonds is 8. The predicted octanol–water partition coefficient (Wildman–Crippen LogP) is 1.92. The van der Waals surface area contributed by atoms with Gasteiger partial charge in [0.1, 0.15) is 24.1 Å². The molecule has 1 atom stereocenters. The lowest BCUT2D eigenvalue weighted by atomic mass is 10.1. The van der Waals surface area contributed by atoms with E-state index >= 15 is 0 Å². The van der Waals surface area contributed by atoms with Gasteiger partial charge in [0.05, 0.1) is 19.2 Å². The van der Waals surface area contributed by atoms with Crippen molar-refractivity contribution >= 4 is 28.7 Å². The van der Waals surface area contributed by atoms with E-state index in [9.17, 15) is 14.4 Å². The van der Waals surface area contributed by atoms with Gasteiger partial charge in [-0.2, -0.15) is 5.10 Å². The van der Waals surface area contributed by atoms with Crippen molar-refractivity contribution < 1.29 is 23.9 Å². The average Bonchev–Trinajstić information content (AvgIpc) is 3.29. The Labute approximate surface area is 184 Å². The standard InChI is InChI=1S/C23H24N4O5/c1-26-18-8-4-3-6-15(18)17(25-26)13-32-20-9-5-7-14-16(20)12-27(23(14)30)19(22(24)29)10-11-21(28)31-2/h3-9,19H,10-13H2,1-2H3,(H2,24,29). The molecular weight excluding hydrogens is 412 g/mol. The molecule has 1 aliphatic heterocycles. The minimum atomic E-state index is -0.915. The maximum Gasteiger partial charge on any atom is 0.305 e. The van der Waals surface area contributed by atoms with Crippen molar-refractivity contribution in [2.45, 2.75) is 32.0 Å². The van der Waals surface area contributed by atoms with Crippen LogP contribution in [0.3, 0.4) is 0 Å². The number of methoxy groups -OCH3 is 1. The number of aryl methyl sites for hydroxylation is 1. The van der Waals surface area contributed by atoms with Crippen LogP contribution in [0.25, 0.3) is 10.9 Å². The van der Waals surface area contributed by atoms with E-state index in [1.54, 1.807) is 22.9 Å². The first-order valence-corrected chi connectivity index (χ1v) is 10.2. The van der Waals surface area contributed by atoms with Crippen LogP contribution in [0.15, 0.2) is 42.5 Å². The van der Waals surface area contributed by atoms with Crippen molar-refractivity contribution in [2.24, 2.45) is 12.8 Å². The molecule has 1 aliphatic rings. The Balaban J connectivity index is 1.55. The van der Waals surface area contributed by atoms with Crippen LogP contribution in [0.5, 0.6) is 5.75 Å². The number of hydrogen-bond donors (Lipinski definition) is 1. The number of amides is 2. The third-order valence-corrected chi connectivity index (χ3v) is 5.71. The number of carbonyl (C=O) groups excluding carboxylic acids is 3. The van der Waals surface area contributed by atoms with Gasteiger partial charge < -0.3 is 20.1 Å². The van der Waals surface area contributed by atoms with Gasteiger partial charge in [-0.1, -0.05) is 24.3 Å². The highest BCUT2D eigenvalue weighted by atomic mass is 16.5. The van der Waals surface area contributed by atoms with Gasteiger partial charge in [-0.05, 0) is 24.6 Å². The van der Waals surface area contributed by atoms with Crippen molar-refractivity contribution in [2.75, 3.05) is 7.11 Å². The number of nitrogens with two attached hydrogens (primary N) is 1. The molecule has 0 bridgehead atoms. The molecule has 0 spiro atoms. The molecule has 3 aromatic rings. The van der Waals surface area contributed by atoms with E-state index in [4.69, 9.17) is 10.5 Å². The fraction of sp³-hybridized carbons (Fsp3) is 0.304. The van der Waals surface area contributed by atoms with Gasteiger partial charge in [0.15, 0.2) is 0 Å². The van der Waals surface area contributed by atoms with Gasteiger partial charge in [-0.25, -0.2) is 0 Å². The van der Waals surface area contributed by atoms with Crippen LogP contribution in [-0.2, 0) is 34.5 Å². The smallest absolute Gasteiger partial charge is 0.305 e. The van der Waals surface area contributed by atoms with Gasteiger partial charge in [0.2, 0.25) is 5.91 Å². The zero-order valence-corrected chi connectivity index (χ0v) is 17.9. The highest BCUT2D eigenvalue weighted by molar-refractivity contribution is 6.01. The largest absolute Gasteiger partial charge is 0.487 e. The predicted molar refractivity (Wildman–Crippen MR) is 116 cm³/mol. The zero-order valence-electron chi connectivity index (χ0n) is 17.9. The minimum absolute atomic E-state index is 0.0136. The van der Waals surface area contributed by atoms with E-state index in [0.29, 0.717) is 16.9 Å². The number of hydrogen-bond acceptors (Lipinski definition) is 6. The third kappa shape index (κ3) is 3.89. The van der Waals surface area contributed by atoms with Gasteiger partial charge in [0.25, 0.3) is 5.91 Å². The van der Waals surface area contributed by atoms with Crippen LogP contribution < -0.4 is 10.5 Å². The molecule has 1 aromatic heterocycles. The van der Waals surface area contributed by atoms with Gasteiger partial charge in [-0.15, -0.1) is 0 Å². The second-order valence-corrected chi connectivity index (χ2v) is 7.62. The molecule has 0 saturated heterocycles. The van der Waals surface area contributed by atoms with Crippen LogP contribution >= 0.6 is 0 Å². The van der Waals surface area contributed by atoms with E-state index in [0.717, 1.165) is 16.6 Å². The number of nitrogens with zero attached hydrogens (tertiary/aromatic N) is 3. The van der Waals surface area contributed by atoms with E-state index in [1.165, 1.54) is 12.0 Å². The minimum Gasteiger partial charge on any atom is -0.487 e. The van der Waals surface area contributed by atoms with E-state index in [2.05, 4.69) is 9.84 Å². The van der Waals surface area contributed by atoms with Crippen LogP contribution in [-0.4, -0.2) is 45.6 Å². The number of para-hydroxylation sites is 1. The molecule has 2 aromatic carbocycles. The second-order valence-electron chi connectivity index (χ2n) is 7.62. The number of ether oxygens (including phenoxy) is 2. The summed E-state index contributed by atoms with van der Waals surface area (Å²) in [5, 5.41) is 5.54. The summed E-state index contributed by atoms with van der Waals surface area (Å²) in [6, 6.07) is 12.2. The van der Waals surface area contributed by atoms with E-state index < -0.39 is 17.9 Å². The van der Waals surface area contributed by atoms with Crippen LogP contribution in [0.4, 0.5) is 0 Å². The molecule has 9 nitrogen and oxygen atoms in total. The molecule has 4 rings (SSSR count). The van der Waals surface area contributed by atoms with Crippen molar-refractivity contribution in [1.82, 2.24) is 14.7 Å². The molecule has 0 aliphatic carbocycles. The molecule has 1 unspecified atom stereocenters. The topological polar surface area (TPSA) is 117 Å². The second kappa shape index (κ2) is 8.70. The molecule has 0 fully saturated rings. The molecule has 0 radical (unpaired) electrons. The van der Waals surface area contributed by atoms with Crippen molar-refractivity contribution in [1.29, 1.82) is 0 Å². The Morgan fingerprint density at radius 1 is 1.19 bits per heavy atom. The highest BCUT2D eigenvalue weighted by Gasteiger charge is 2.37. The maximum absolute atomic E-state index is 13.0. The quantitative estimate of drug-likeness (QED) is 0.539. The molecule has 32 heavy (non-hydrogen) atoms. The highest BCUT2D eigenvalue weighted by Crippen LogP contribution is 2.33. The zero-order chi connectivity index (χ0) is 22.8. The molecule has 9 heteroatoms. The summed E-state index contributed by atoms with van der Waals surface area (Å²) in [6.07, 6.45) is 0.0815. The lowest BCUT2D eigenvalue weighted by molar-refractivity contribution is -0.141. The van der Waals surface area contributed by atoms with Crippen LogP contribution in [0.2, 0.25) is 0 Å². The summed E-state index contributed by atoms with van der Waals surface area (Å²) in [5.74, 6) is -0.906. The Morgan fingerprint density at radius 2 is 1.97 bits per heavy atom. The lowest BCUT2D eigenvalue weighted by Gasteiger charge is -2.24. The summed E-state index contributed by atoms with van der Waals surface area (Å²) in [5.41, 5.74) is 8.47. The fourth-order valence-corrected chi connectivity index (χ4v) is 4.06. The summed E-state index contributed by atoms with van der Waals surface area (Å²) in [7, 11) is 3.15. The number of aromatic nitrogens is 2. The first kappa shape index (κ1) is 21.4. The van der Waals surface area contributed by atoms with Crippen molar-refractivity contribution in [3.63, 3.8) is 0 Å². The Bertz CT molecular complexity index is 1200. The summed E-state index contributed by atoms with van der Waals surface area (Å²) in [4.78, 5) is 37.9. The molecule has 2 amide bonds. The first-order chi connectivity index (χ1) is 15.4. The molecule has 2 heterocycles. The number of fused-ring (bicyclic) bond motifs is 2. The summed E-state index contributed by atoms with van der Waals surface area (Å²) in [6.45, 7) is 0.398. The first-order valence-electron chi connectivity index (χ1n) is 10.2. The Kier molecular flexibility index (Phi) is 5.81. The molecular formula is C23H24N4O5. The third-order valence-electron chi connectivity index (χ3n) is 5.71. The number of benzene rings is 2. The number of esters is 1. The van der Waals surface area contributed by atoms with Crippen molar-refractivity contribution in [3.05, 3.63) is 59.3 Å². The average molecular weight is 436 g/mol. The SMILES string of the molecule is COC(=O)CCC(C(N)=O)N1Cc2c(OCc3nn(C)c4ccccc34)cccc2C1=O. The Hall–Kier alpha value is -3.88. The van der Waals surface area contributed by atoms with Gasteiger partial charge in [0, 0.05) is 30.0 Å². The van der Waals surface area contributed by atoms with E-state index in [-0.39, 0.29) is 31.9 Å². The maximum atomic E-state index is 13.0. The molecule has 2 N–H and O–H groups in total. The fourth-order valence-electron chi connectivity index (χ4n) is 4.06. The number of primary amides is 1. The Morgan fingerprint density at radius 3 is 2.72 bits per heavy atom. The molecule has 166 valence electrons. The van der Waals surface area contributed by atoms with Crippen LogP contribution in [0.1, 0.15) is 34.5 Å². The van der Waals surface area contributed by atoms with Gasteiger partial charge in [-0.3, -0.25) is 19.1 Å². The monoisotopic (exact) mass is 436 g/mol. The van der Waals surface area contributed by atoms with E-state index in [1.807, 2.05) is 31.3 Å². The number of carbonyl (C=O) groups is 3. The molecule has 0 saturated carbocycles. The van der Waals surface area contributed by atoms with Crippen LogP contribution in [0, 0.1) is 0 Å².